The normalized spacial score (nSPS) is 12.8. The molecule has 0 unspecified atom stereocenters. The molecule has 0 bridgehead atoms. The van der Waals surface area contributed by atoms with Gasteiger partial charge in [0.1, 0.15) is 0 Å². The molecule has 1 aromatic carbocycles. The molecule has 0 N–H and O–H groups in total. The summed E-state index contributed by atoms with van der Waals surface area (Å²) < 4.78 is 25.2. The Balaban J connectivity index is 2.21. The summed E-state index contributed by atoms with van der Waals surface area (Å²) in [6.07, 6.45) is 0. The number of carbonyl (C=O) groups is 1. The fourth-order valence-electron chi connectivity index (χ4n) is 2.39. The standard InChI is InChI=1S/C17H23N3O3S/c1-5-24(22,23)12-14(3)19(4)17(21)16-11-13(2)20(18-16)15-9-7-6-8-10-15/h6-11,14H,5,12H2,1-4H3/t14-/m1/s1. The molecular formula is C17H23N3O3S. The van der Waals surface area contributed by atoms with Gasteiger partial charge in [0.2, 0.25) is 0 Å². The van der Waals surface area contributed by atoms with E-state index in [2.05, 4.69) is 5.10 Å². The summed E-state index contributed by atoms with van der Waals surface area (Å²) in [5, 5.41) is 4.38. The quantitative estimate of drug-likeness (QED) is 0.800. The lowest BCUT2D eigenvalue weighted by Crippen LogP contribution is -2.40. The third kappa shape index (κ3) is 4.03. The molecule has 7 heteroatoms. The number of carbonyl (C=O) groups excluding carboxylic acids is 1. The molecule has 24 heavy (non-hydrogen) atoms. The molecule has 1 aromatic heterocycles. The van der Waals surface area contributed by atoms with Crippen molar-refractivity contribution in [1.29, 1.82) is 0 Å². The summed E-state index contributed by atoms with van der Waals surface area (Å²) in [6.45, 7) is 5.21. The van der Waals surface area contributed by atoms with E-state index < -0.39 is 15.9 Å². The van der Waals surface area contributed by atoms with Crippen LogP contribution in [0.25, 0.3) is 5.69 Å². The van der Waals surface area contributed by atoms with Gasteiger partial charge in [-0.25, -0.2) is 13.1 Å². The maximum Gasteiger partial charge on any atom is 0.274 e. The zero-order valence-electron chi connectivity index (χ0n) is 14.4. The average Bonchev–Trinajstić information content (AvgIpc) is 2.95. The number of nitrogens with zero attached hydrogens (tertiary/aromatic N) is 3. The molecule has 0 aliphatic rings. The smallest absolute Gasteiger partial charge is 0.274 e. The topological polar surface area (TPSA) is 72.3 Å². The molecule has 0 fully saturated rings. The fraction of sp³-hybridized carbons (Fsp3) is 0.412. The molecule has 1 heterocycles. The molecule has 0 aliphatic carbocycles. The average molecular weight is 349 g/mol. The van der Waals surface area contributed by atoms with Crippen LogP contribution in [0.5, 0.6) is 0 Å². The number of benzene rings is 1. The first-order valence-electron chi connectivity index (χ1n) is 7.85. The molecule has 0 aliphatic heterocycles. The lowest BCUT2D eigenvalue weighted by Gasteiger charge is -2.23. The minimum Gasteiger partial charge on any atom is -0.337 e. The monoisotopic (exact) mass is 349 g/mol. The molecule has 2 rings (SSSR count). The zero-order valence-corrected chi connectivity index (χ0v) is 15.2. The first-order chi connectivity index (χ1) is 11.2. The Morgan fingerprint density at radius 1 is 1.29 bits per heavy atom. The molecule has 1 amide bonds. The van der Waals surface area contributed by atoms with Gasteiger partial charge in [0.15, 0.2) is 15.5 Å². The highest BCUT2D eigenvalue weighted by atomic mass is 32.2. The minimum atomic E-state index is -3.14. The summed E-state index contributed by atoms with van der Waals surface area (Å²) in [7, 11) is -1.54. The van der Waals surface area contributed by atoms with Gasteiger partial charge in [-0.15, -0.1) is 0 Å². The van der Waals surface area contributed by atoms with E-state index in [-0.39, 0.29) is 17.4 Å². The first kappa shape index (κ1) is 18.2. The Labute approximate surface area is 143 Å². The number of hydrogen-bond acceptors (Lipinski definition) is 4. The number of para-hydroxylation sites is 1. The summed E-state index contributed by atoms with van der Waals surface area (Å²) in [5.41, 5.74) is 2.02. The Bertz CT molecular complexity index is 813. The SMILES string of the molecule is CCS(=O)(=O)C[C@@H](C)N(C)C(=O)c1cc(C)n(-c2ccccc2)n1. The van der Waals surface area contributed by atoms with Crippen LogP contribution in [0, 0.1) is 6.92 Å². The van der Waals surface area contributed by atoms with Crippen molar-refractivity contribution in [3.8, 4) is 5.69 Å². The van der Waals surface area contributed by atoms with Gasteiger partial charge in [-0.2, -0.15) is 5.10 Å². The van der Waals surface area contributed by atoms with Crippen molar-refractivity contribution in [2.45, 2.75) is 26.8 Å². The third-order valence-electron chi connectivity index (χ3n) is 4.02. The molecule has 0 saturated carbocycles. The first-order valence-corrected chi connectivity index (χ1v) is 9.67. The second-order valence-corrected chi connectivity index (χ2v) is 8.28. The molecule has 1 atom stereocenters. The molecular weight excluding hydrogens is 326 g/mol. The second kappa shape index (κ2) is 7.17. The van der Waals surface area contributed by atoms with E-state index in [0.717, 1.165) is 11.4 Å². The van der Waals surface area contributed by atoms with Crippen LogP contribution >= 0.6 is 0 Å². The van der Waals surface area contributed by atoms with E-state index in [1.165, 1.54) is 4.90 Å². The van der Waals surface area contributed by atoms with Crippen molar-refractivity contribution in [2.75, 3.05) is 18.6 Å². The van der Waals surface area contributed by atoms with Gasteiger partial charge >= 0.3 is 0 Å². The number of sulfone groups is 1. The van der Waals surface area contributed by atoms with Gasteiger partial charge in [0, 0.05) is 24.5 Å². The van der Waals surface area contributed by atoms with Crippen LogP contribution in [0.1, 0.15) is 30.0 Å². The predicted molar refractivity (Wildman–Crippen MR) is 94.2 cm³/mol. The van der Waals surface area contributed by atoms with E-state index in [0.29, 0.717) is 5.69 Å². The van der Waals surface area contributed by atoms with Crippen molar-refractivity contribution in [1.82, 2.24) is 14.7 Å². The Morgan fingerprint density at radius 3 is 2.50 bits per heavy atom. The molecule has 0 radical (unpaired) electrons. The van der Waals surface area contributed by atoms with Crippen molar-refractivity contribution in [3.63, 3.8) is 0 Å². The van der Waals surface area contributed by atoms with Crippen molar-refractivity contribution < 1.29 is 13.2 Å². The van der Waals surface area contributed by atoms with Gasteiger partial charge in [-0.1, -0.05) is 25.1 Å². The number of aromatic nitrogens is 2. The van der Waals surface area contributed by atoms with Crippen molar-refractivity contribution in [3.05, 3.63) is 47.8 Å². The second-order valence-electron chi connectivity index (χ2n) is 5.88. The van der Waals surface area contributed by atoms with Gasteiger partial charge in [-0.05, 0) is 32.0 Å². The number of aryl methyl sites for hydroxylation is 1. The highest BCUT2D eigenvalue weighted by molar-refractivity contribution is 7.91. The van der Waals surface area contributed by atoms with Gasteiger partial charge in [-0.3, -0.25) is 4.79 Å². The highest BCUT2D eigenvalue weighted by Crippen LogP contribution is 2.14. The maximum atomic E-state index is 12.6. The third-order valence-corrected chi connectivity index (χ3v) is 5.89. The van der Waals surface area contributed by atoms with Crippen molar-refractivity contribution >= 4 is 15.7 Å². The van der Waals surface area contributed by atoms with E-state index in [9.17, 15) is 13.2 Å². The maximum absolute atomic E-state index is 12.6. The Morgan fingerprint density at radius 2 is 1.92 bits per heavy atom. The van der Waals surface area contributed by atoms with Crippen LogP contribution in [0.4, 0.5) is 0 Å². The fourth-order valence-corrected chi connectivity index (χ4v) is 3.58. The van der Waals surface area contributed by atoms with E-state index in [1.807, 2.05) is 37.3 Å². The molecule has 130 valence electrons. The van der Waals surface area contributed by atoms with Crippen LogP contribution in [0.2, 0.25) is 0 Å². The van der Waals surface area contributed by atoms with Gasteiger partial charge in [0.25, 0.3) is 5.91 Å². The van der Waals surface area contributed by atoms with E-state index >= 15 is 0 Å². The van der Waals surface area contributed by atoms with Crippen LogP contribution in [-0.4, -0.2) is 53.6 Å². The molecule has 6 nitrogen and oxygen atoms in total. The minimum absolute atomic E-state index is 0.0515. The molecule has 0 saturated heterocycles. The lowest BCUT2D eigenvalue weighted by molar-refractivity contribution is 0.0750. The number of hydrogen-bond donors (Lipinski definition) is 0. The van der Waals surface area contributed by atoms with E-state index in [4.69, 9.17) is 0 Å². The van der Waals surface area contributed by atoms with Crippen LogP contribution in [0.15, 0.2) is 36.4 Å². The number of rotatable bonds is 6. The molecule has 2 aromatic rings. The largest absolute Gasteiger partial charge is 0.337 e. The van der Waals surface area contributed by atoms with Crippen molar-refractivity contribution in [2.24, 2.45) is 0 Å². The number of amides is 1. The zero-order chi connectivity index (χ0) is 17.9. The Kier molecular flexibility index (Phi) is 5.43. The lowest BCUT2D eigenvalue weighted by atomic mass is 10.3. The van der Waals surface area contributed by atoms with Gasteiger partial charge in [0.05, 0.1) is 11.4 Å². The predicted octanol–water partition coefficient (Wildman–Crippen LogP) is 2.08. The summed E-state index contributed by atoms with van der Waals surface area (Å²) in [6, 6.07) is 10.8. The summed E-state index contributed by atoms with van der Waals surface area (Å²) in [5.74, 6) is -0.266. The highest BCUT2D eigenvalue weighted by Gasteiger charge is 2.24. The Hall–Kier alpha value is -2.15. The van der Waals surface area contributed by atoms with Crippen LogP contribution in [0.3, 0.4) is 0 Å². The van der Waals surface area contributed by atoms with Crippen LogP contribution < -0.4 is 0 Å². The van der Waals surface area contributed by atoms with Crippen LogP contribution in [-0.2, 0) is 9.84 Å². The van der Waals surface area contributed by atoms with Gasteiger partial charge < -0.3 is 4.90 Å². The summed E-state index contributed by atoms with van der Waals surface area (Å²) in [4.78, 5) is 14.0. The summed E-state index contributed by atoms with van der Waals surface area (Å²) >= 11 is 0. The van der Waals surface area contributed by atoms with E-state index in [1.54, 1.807) is 31.6 Å². The molecule has 0 spiro atoms.